The van der Waals surface area contributed by atoms with Crippen LogP contribution in [0.2, 0.25) is 0 Å². The van der Waals surface area contributed by atoms with Crippen molar-refractivity contribution in [3.8, 4) is 0 Å². The van der Waals surface area contributed by atoms with Gasteiger partial charge in [-0.2, -0.15) is 0 Å². The van der Waals surface area contributed by atoms with Gasteiger partial charge in [0, 0.05) is 38.0 Å². The van der Waals surface area contributed by atoms with Crippen molar-refractivity contribution in [1.82, 2.24) is 14.8 Å². The summed E-state index contributed by atoms with van der Waals surface area (Å²) in [5.74, 6) is 0.461. The van der Waals surface area contributed by atoms with Crippen molar-refractivity contribution in [2.24, 2.45) is 0 Å². The Bertz CT molecular complexity index is 1260. The van der Waals surface area contributed by atoms with E-state index < -0.39 is 0 Å². The summed E-state index contributed by atoms with van der Waals surface area (Å²) in [6.45, 7) is 1.52. The van der Waals surface area contributed by atoms with Crippen LogP contribution in [-0.4, -0.2) is 47.2 Å². The van der Waals surface area contributed by atoms with Gasteiger partial charge in [0.05, 0.1) is 6.54 Å². The molecule has 0 saturated carbocycles. The van der Waals surface area contributed by atoms with Crippen molar-refractivity contribution in [1.29, 1.82) is 0 Å². The Morgan fingerprint density at radius 2 is 1.94 bits per heavy atom. The number of hydrogen-bond acceptors (Lipinski definition) is 4. The number of aryl methyl sites for hydroxylation is 2. The van der Waals surface area contributed by atoms with Crippen LogP contribution in [0.15, 0.2) is 48.7 Å². The largest absolute Gasteiger partial charge is 0.338 e. The van der Waals surface area contributed by atoms with Gasteiger partial charge in [0.15, 0.2) is 0 Å². The van der Waals surface area contributed by atoms with Gasteiger partial charge in [-0.05, 0) is 65.1 Å². The molecule has 0 atom stereocenters. The summed E-state index contributed by atoms with van der Waals surface area (Å²) in [4.78, 5) is 32.7. The van der Waals surface area contributed by atoms with E-state index in [9.17, 15) is 9.59 Å². The lowest BCUT2D eigenvalue weighted by molar-refractivity contribution is -0.125. The predicted molar refractivity (Wildman–Crippen MR) is 133 cm³/mol. The van der Waals surface area contributed by atoms with Crippen molar-refractivity contribution in [3.05, 3.63) is 76.5 Å². The van der Waals surface area contributed by atoms with Crippen LogP contribution < -0.4 is 5.32 Å². The molecule has 170 valence electrons. The SMILES string of the molecule is CN1CC(=O)Nc2ncc(C=CC(=O)N(C)Cc3ccc4c5c(cccc35)CC4)cc2C1.Cl. The maximum absolute atomic E-state index is 12.8. The number of nitrogens with one attached hydrogen (secondary N) is 1. The molecule has 0 radical (unpaired) electrons. The molecule has 2 aliphatic rings. The first kappa shape index (κ1) is 23.0. The van der Waals surface area contributed by atoms with Gasteiger partial charge in [0.1, 0.15) is 5.82 Å². The molecule has 0 spiro atoms. The minimum Gasteiger partial charge on any atom is -0.338 e. The number of likely N-dealkylation sites (N-methyl/N-ethyl adjacent to an activating group) is 2. The van der Waals surface area contributed by atoms with Crippen LogP contribution in [0, 0.1) is 0 Å². The molecule has 2 amide bonds. The lowest BCUT2D eigenvalue weighted by atomic mass is 9.99. The molecule has 33 heavy (non-hydrogen) atoms. The van der Waals surface area contributed by atoms with E-state index in [-0.39, 0.29) is 24.2 Å². The molecular weight excluding hydrogens is 436 g/mol. The number of rotatable bonds is 4. The fourth-order valence-corrected chi connectivity index (χ4v) is 4.69. The third kappa shape index (κ3) is 4.63. The molecule has 5 rings (SSSR count). The maximum atomic E-state index is 12.8. The van der Waals surface area contributed by atoms with Gasteiger partial charge in [-0.15, -0.1) is 12.4 Å². The van der Waals surface area contributed by atoms with Crippen molar-refractivity contribution in [2.45, 2.75) is 25.9 Å². The van der Waals surface area contributed by atoms with Gasteiger partial charge in [-0.25, -0.2) is 4.98 Å². The van der Waals surface area contributed by atoms with Crippen molar-refractivity contribution >= 4 is 46.9 Å². The smallest absolute Gasteiger partial charge is 0.246 e. The highest BCUT2D eigenvalue weighted by atomic mass is 35.5. The maximum Gasteiger partial charge on any atom is 0.246 e. The van der Waals surface area contributed by atoms with Gasteiger partial charge in [-0.3, -0.25) is 14.5 Å². The summed E-state index contributed by atoms with van der Waals surface area (Å²) in [5.41, 5.74) is 5.76. The van der Waals surface area contributed by atoms with E-state index in [1.807, 2.05) is 25.1 Å². The number of carbonyl (C=O) groups excluding carboxylic acids is 2. The Morgan fingerprint density at radius 3 is 2.76 bits per heavy atom. The number of benzene rings is 2. The number of halogens is 1. The molecule has 1 aromatic heterocycles. The van der Waals surface area contributed by atoms with E-state index in [0.29, 0.717) is 25.5 Å². The summed E-state index contributed by atoms with van der Waals surface area (Å²) in [5, 5.41) is 5.45. The first-order chi connectivity index (χ1) is 15.5. The first-order valence-corrected chi connectivity index (χ1v) is 10.9. The summed E-state index contributed by atoms with van der Waals surface area (Å²) >= 11 is 0. The standard InChI is InChI=1S/C26H26N4O2.ClH/c1-29-14-21-12-17(13-27-26(21)28-23(31)16-29)6-11-24(32)30(2)15-20-10-9-19-8-7-18-4-3-5-22(20)25(18)19;/h3-6,9-13H,7-8,14-16H2,1-2H3,(H,27,28,31);1H. The van der Waals surface area contributed by atoms with Gasteiger partial charge in [0.2, 0.25) is 11.8 Å². The zero-order valence-electron chi connectivity index (χ0n) is 18.8. The molecule has 1 aliphatic heterocycles. The van der Waals surface area contributed by atoms with Gasteiger partial charge >= 0.3 is 0 Å². The average molecular weight is 463 g/mol. The molecular formula is C26H27ClN4O2. The number of nitrogens with zero attached hydrogens (tertiary/aromatic N) is 3. The molecule has 2 aromatic carbocycles. The molecule has 1 aliphatic carbocycles. The van der Waals surface area contributed by atoms with Crippen LogP contribution in [0.5, 0.6) is 0 Å². The molecule has 1 N–H and O–H groups in total. The third-order valence-electron chi connectivity index (χ3n) is 6.27. The highest BCUT2D eigenvalue weighted by Gasteiger charge is 2.18. The van der Waals surface area contributed by atoms with E-state index in [1.54, 1.807) is 23.2 Å². The number of hydrogen-bond donors (Lipinski definition) is 1. The zero-order chi connectivity index (χ0) is 22.2. The Balaban J connectivity index is 0.00000259. The van der Waals surface area contributed by atoms with Crippen molar-refractivity contribution in [2.75, 3.05) is 26.0 Å². The van der Waals surface area contributed by atoms with Crippen molar-refractivity contribution < 1.29 is 9.59 Å². The number of pyridine rings is 1. The van der Waals surface area contributed by atoms with Crippen LogP contribution in [0.25, 0.3) is 16.8 Å². The number of anilines is 1. The van der Waals surface area contributed by atoms with E-state index >= 15 is 0 Å². The lowest BCUT2D eigenvalue weighted by Gasteiger charge is -2.17. The molecule has 2 heterocycles. The Hall–Kier alpha value is -3.22. The molecule has 0 unspecified atom stereocenters. The Labute approximate surface area is 199 Å². The topological polar surface area (TPSA) is 65.5 Å². The minimum atomic E-state index is -0.0677. The van der Waals surface area contributed by atoms with Crippen LogP contribution >= 0.6 is 12.4 Å². The van der Waals surface area contributed by atoms with Gasteiger partial charge in [-0.1, -0.05) is 30.3 Å². The summed E-state index contributed by atoms with van der Waals surface area (Å²) in [7, 11) is 3.73. The Morgan fingerprint density at radius 1 is 1.15 bits per heavy atom. The first-order valence-electron chi connectivity index (χ1n) is 10.9. The van der Waals surface area contributed by atoms with E-state index in [1.165, 1.54) is 27.5 Å². The summed E-state index contributed by atoms with van der Waals surface area (Å²) in [6.07, 6.45) is 7.25. The minimum absolute atomic E-state index is 0. The number of fused-ring (bicyclic) bond motifs is 1. The van der Waals surface area contributed by atoms with Crippen LogP contribution in [0.3, 0.4) is 0 Å². The Kier molecular flexibility index (Phi) is 6.49. The molecule has 3 aromatic rings. The molecule has 0 fully saturated rings. The normalized spacial score (nSPS) is 15.2. The van der Waals surface area contributed by atoms with E-state index in [0.717, 1.165) is 24.0 Å². The average Bonchev–Trinajstić information content (AvgIpc) is 3.13. The highest BCUT2D eigenvalue weighted by molar-refractivity contribution is 5.95. The highest BCUT2D eigenvalue weighted by Crippen LogP contribution is 2.33. The monoisotopic (exact) mass is 462 g/mol. The number of carbonyl (C=O) groups is 2. The predicted octanol–water partition coefficient (Wildman–Crippen LogP) is 3.81. The van der Waals surface area contributed by atoms with Crippen molar-refractivity contribution in [3.63, 3.8) is 0 Å². The summed E-state index contributed by atoms with van der Waals surface area (Å²) in [6, 6.07) is 12.8. The van der Waals surface area contributed by atoms with Crippen LogP contribution in [0.4, 0.5) is 5.82 Å². The molecule has 7 heteroatoms. The van der Waals surface area contributed by atoms with Gasteiger partial charge < -0.3 is 10.2 Å². The fourth-order valence-electron chi connectivity index (χ4n) is 4.69. The van der Waals surface area contributed by atoms with Crippen LogP contribution in [0.1, 0.15) is 27.8 Å². The second kappa shape index (κ2) is 9.33. The third-order valence-corrected chi connectivity index (χ3v) is 6.27. The fraction of sp³-hybridized carbons (Fsp3) is 0.269. The summed E-state index contributed by atoms with van der Waals surface area (Å²) < 4.78 is 0. The van der Waals surface area contributed by atoms with Gasteiger partial charge in [0.25, 0.3) is 0 Å². The lowest BCUT2D eigenvalue weighted by Crippen LogP contribution is -2.26. The van der Waals surface area contributed by atoms with Crippen LogP contribution in [-0.2, 0) is 35.5 Å². The van der Waals surface area contributed by atoms with E-state index in [2.05, 4.69) is 40.6 Å². The molecule has 6 nitrogen and oxygen atoms in total. The number of aromatic nitrogens is 1. The molecule has 0 saturated heterocycles. The van der Waals surface area contributed by atoms with E-state index in [4.69, 9.17) is 0 Å². The second-order valence-electron chi connectivity index (χ2n) is 8.75. The second-order valence-corrected chi connectivity index (χ2v) is 8.75. The quantitative estimate of drug-likeness (QED) is 0.599. The zero-order valence-corrected chi connectivity index (χ0v) is 19.6. The number of amides is 2. The molecule has 0 bridgehead atoms.